The average molecular weight is 358 g/mol. The number of fused-ring (bicyclic) bond motifs is 1. The molecular weight excluding hydrogens is 340 g/mol. The number of carbonyl (C=O) groups excluding carboxylic acids is 2. The lowest BCUT2D eigenvalue weighted by atomic mass is 10.1. The molecule has 0 radical (unpaired) electrons. The van der Waals surface area contributed by atoms with Crippen LogP contribution < -0.4 is 10.6 Å². The largest absolute Gasteiger partial charge is 0.386 e. The van der Waals surface area contributed by atoms with Crippen molar-refractivity contribution in [1.29, 1.82) is 0 Å². The van der Waals surface area contributed by atoms with Crippen molar-refractivity contribution in [2.24, 2.45) is 0 Å². The van der Waals surface area contributed by atoms with Crippen LogP contribution in [0.25, 0.3) is 0 Å². The predicted molar refractivity (Wildman–Crippen MR) is 105 cm³/mol. The first kappa shape index (κ1) is 16.8. The van der Waals surface area contributed by atoms with Gasteiger partial charge in [-0.15, -0.1) is 0 Å². The summed E-state index contributed by atoms with van der Waals surface area (Å²) in [6.45, 7) is 4.04. The van der Waals surface area contributed by atoms with Gasteiger partial charge in [-0.25, -0.2) is 9.59 Å². The van der Waals surface area contributed by atoms with Crippen LogP contribution in [0, 0.1) is 13.8 Å². The number of rotatable bonds is 4. The zero-order valence-corrected chi connectivity index (χ0v) is 15.0. The number of benzene rings is 3. The van der Waals surface area contributed by atoms with Crippen LogP contribution in [0.4, 0.5) is 22.7 Å². The van der Waals surface area contributed by atoms with Crippen molar-refractivity contribution >= 4 is 34.7 Å². The van der Waals surface area contributed by atoms with Gasteiger partial charge in [0.15, 0.2) is 0 Å². The molecular formula is C22H18N2O3. The van der Waals surface area contributed by atoms with Gasteiger partial charge in [-0.05, 0) is 50.2 Å². The molecule has 5 heteroatoms. The quantitative estimate of drug-likeness (QED) is 0.502. The summed E-state index contributed by atoms with van der Waals surface area (Å²) in [6, 6.07) is 19.1. The second-order valence-electron chi connectivity index (χ2n) is 6.60. The maximum atomic E-state index is 11.9. The third kappa shape index (κ3) is 3.40. The molecule has 0 aromatic heterocycles. The van der Waals surface area contributed by atoms with E-state index in [0.717, 1.165) is 22.5 Å². The maximum absolute atomic E-state index is 11.9. The van der Waals surface area contributed by atoms with Crippen molar-refractivity contribution in [3.63, 3.8) is 0 Å². The monoisotopic (exact) mass is 358 g/mol. The number of hydrogen-bond acceptors (Lipinski definition) is 5. The van der Waals surface area contributed by atoms with Gasteiger partial charge in [-0.2, -0.15) is 0 Å². The first-order chi connectivity index (χ1) is 13.0. The first-order valence-corrected chi connectivity index (χ1v) is 8.61. The second kappa shape index (κ2) is 6.61. The molecule has 1 aliphatic rings. The number of esters is 2. The third-order valence-electron chi connectivity index (χ3n) is 4.44. The van der Waals surface area contributed by atoms with Crippen LogP contribution >= 0.6 is 0 Å². The molecule has 0 aliphatic carbocycles. The number of aryl methyl sites for hydroxylation is 2. The van der Waals surface area contributed by atoms with E-state index in [1.54, 1.807) is 12.1 Å². The minimum absolute atomic E-state index is 0.268. The predicted octanol–water partition coefficient (Wildman–Crippen LogP) is 5.10. The van der Waals surface area contributed by atoms with Crippen LogP contribution in [-0.2, 0) is 4.74 Å². The summed E-state index contributed by atoms with van der Waals surface area (Å²) in [4.78, 5) is 23.9. The fourth-order valence-corrected chi connectivity index (χ4v) is 2.92. The van der Waals surface area contributed by atoms with Gasteiger partial charge in [-0.1, -0.05) is 35.4 Å². The fraction of sp³-hybridized carbons (Fsp3) is 0.0909. The molecule has 3 aromatic rings. The molecule has 0 saturated heterocycles. The number of anilines is 4. The summed E-state index contributed by atoms with van der Waals surface area (Å²) >= 11 is 0. The number of carbonyl (C=O) groups is 2. The summed E-state index contributed by atoms with van der Waals surface area (Å²) < 4.78 is 4.74. The van der Waals surface area contributed by atoms with Crippen molar-refractivity contribution in [2.45, 2.75) is 13.8 Å². The molecule has 2 N–H and O–H groups in total. The molecule has 4 rings (SSSR count). The molecule has 3 aromatic carbocycles. The van der Waals surface area contributed by atoms with Crippen LogP contribution in [0.1, 0.15) is 31.8 Å². The van der Waals surface area contributed by atoms with Crippen LogP contribution in [0.3, 0.4) is 0 Å². The van der Waals surface area contributed by atoms with Crippen molar-refractivity contribution < 1.29 is 14.3 Å². The minimum Gasteiger partial charge on any atom is -0.386 e. The zero-order chi connectivity index (χ0) is 19.0. The van der Waals surface area contributed by atoms with Gasteiger partial charge in [0.25, 0.3) is 0 Å². The summed E-state index contributed by atoms with van der Waals surface area (Å²) in [7, 11) is 0. The van der Waals surface area contributed by atoms with E-state index in [9.17, 15) is 9.59 Å². The normalized spacial score (nSPS) is 12.5. The van der Waals surface area contributed by atoms with E-state index in [-0.39, 0.29) is 11.1 Å². The number of nitrogens with one attached hydrogen (secondary N) is 2. The standard InChI is InChI=1S/C22H18N2O3/c1-13-3-7-15(8-4-13)23-19-11-17-18(22(26)27-21(17)25)12-20(19)24-16-9-5-14(2)6-10-16/h3-12,23-24H,1-2H3. The number of cyclic esters (lactones) is 2. The van der Waals surface area contributed by atoms with E-state index in [4.69, 9.17) is 4.74 Å². The summed E-state index contributed by atoms with van der Waals surface area (Å²) in [5.41, 5.74) is 5.97. The first-order valence-electron chi connectivity index (χ1n) is 8.61. The fourth-order valence-electron chi connectivity index (χ4n) is 2.92. The van der Waals surface area contributed by atoms with E-state index >= 15 is 0 Å². The molecule has 0 unspecified atom stereocenters. The summed E-state index contributed by atoms with van der Waals surface area (Å²) in [5.74, 6) is -1.24. The number of ether oxygens (including phenoxy) is 1. The average Bonchev–Trinajstić information content (AvgIpc) is 2.92. The van der Waals surface area contributed by atoms with Gasteiger partial charge in [0.05, 0.1) is 22.5 Å². The van der Waals surface area contributed by atoms with Crippen LogP contribution in [-0.4, -0.2) is 11.9 Å². The lowest BCUT2D eigenvalue weighted by molar-refractivity contribution is 0.0444. The molecule has 1 heterocycles. The maximum Gasteiger partial charge on any atom is 0.346 e. The Hall–Kier alpha value is -3.60. The molecule has 5 nitrogen and oxygen atoms in total. The van der Waals surface area contributed by atoms with E-state index in [0.29, 0.717) is 11.4 Å². The van der Waals surface area contributed by atoms with Crippen molar-refractivity contribution in [3.8, 4) is 0 Å². The lowest BCUT2D eigenvalue weighted by Gasteiger charge is -2.15. The number of hydrogen-bond donors (Lipinski definition) is 2. The highest BCUT2D eigenvalue weighted by Gasteiger charge is 2.31. The molecule has 0 spiro atoms. The summed E-state index contributed by atoms with van der Waals surface area (Å²) in [5, 5.41) is 6.63. The highest BCUT2D eigenvalue weighted by Crippen LogP contribution is 2.34. The third-order valence-corrected chi connectivity index (χ3v) is 4.44. The Balaban J connectivity index is 1.76. The van der Waals surface area contributed by atoms with Crippen molar-refractivity contribution in [2.75, 3.05) is 10.6 Å². The van der Waals surface area contributed by atoms with Gasteiger partial charge in [-0.3, -0.25) is 0 Å². The topological polar surface area (TPSA) is 67.4 Å². The molecule has 1 aliphatic heterocycles. The smallest absolute Gasteiger partial charge is 0.346 e. The summed E-state index contributed by atoms with van der Waals surface area (Å²) in [6.07, 6.45) is 0. The SMILES string of the molecule is Cc1ccc(Nc2cc3c(cc2Nc2ccc(C)cc2)C(=O)OC3=O)cc1. The van der Waals surface area contributed by atoms with Crippen LogP contribution in [0.2, 0.25) is 0 Å². The molecule has 0 saturated carbocycles. The Kier molecular flexibility index (Phi) is 4.12. The van der Waals surface area contributed by atoms with Crippen LogP contribution in [0.5, 0.6) is 0 Å². The van der Waals surface area contributed by atoms with Gasteiger partial charge in [0, 0.05) is 11.4 Å². The molecule has 134 valence electrons. The Morgan fingerprint density at radius 2 is 1.00 bits per heavy atom. The van der Waals surface area contributed by atoms with E-state index in [1.807, 2.05) is 62.4 Å². The van der Waals surface area contributed by atoms with Crippen molar-refractivity contribution in [3.05, 3.63) is 82.9 Å². The highest BCUT2D eigenvalue weighted by molar-refractivity contribution is 6.16. The van der Waals surface area contributed by atoms with Gasteiger partial charge in [0.2, 0.25) is 0 Å². The van der Waals surface area contributed by atoms with E-state index < -0.39 is 11.9 Å². The molecule has 0 atom stereocenters. The van der Waals surface area contributed by atoms with Gasteiger partial charge < -0.3 is 15.4 Å². The van der Waals surface area contributed by atoms with Gasteiger partial charge in [0.1, 0.15) is 0 Å². The van der Waals surface area contributed by atoms with Gasteiger partial charge >= 0.3 is 11.9 Å². The van der Waals surface area contributed by atoms with Crippen molar-refractivity contribution in [1.82, 2.24) is 0 Å². The zero-order valence-electron chi connectivity index (χ0n) is 15.0. The molecule has 0 bridgehead atoms. The Labute approximate surface area is 157 Å². The lowest BCUT2D eigenvalue weighted by Crippen LogP contribution is -2.02. The molecule has 0 amide bonds. The Bertz CT molecular complexity index is 954. The second-order valence-corrected chi connectivity index (χ2v) is 6.60. The highest BCUT2D eigenvalue weighted by atomic mass is 16.6. The Morgan fingerprint density at radius 3 is 1.37 bits per heavy atom. The molecule has 0 fully saturated rings. The van der Waals surface area contributed by atoms with E-state index in [1.165, 1.54) is 0 Å². The van der Waals surface area contributed by atoms with E-state index in [2.05, 4.69) is 10.6 Å². The minimum atomic E-state index is -0.621. The molecule has 27 heavy (non-hydrogen) atoms. The Morgan fingerprint density at radius 1 is 0.630 bits per heavy atom. The van der Waals surface area contributed by atoms with Crippen LogP contribution in [0.15, 0.2) is 60.7 Å².